The molecule has 0 aromatic carbocycles. The Kier molecular flexibility index (Phi) is 6.04. The number of amides is 3. The Bertz CT molecular complexity index is 783. The smallest absolute Gasteiger partial charge is 0.314 e. The zero-order valence-electron chi connectivity index (χ0n) is 16.1. The lowest BCUT2D eigenvalue weighted by molar-refractivity contribution is -0.144. The molecule has 3 heterocycles. The molecular weight excluding hydrogens is 384 g/mol. The summed E-state index contributed by atoms with van der Waals surface area (Å²) >= 11 is 1.23. The lowest BCUT2D eigenvalue weighted by Gasteiger charge is -2.33. The van der Waals surface area contributed by atoms with E-state index >= 15 is 0 Å². The van der Waals surface area contributed by atoms with Crippen LogP contribution in [-0.4, -0.2) is 77.6 Å². The molecule has 1 fully saturated rings. The maximum Gasteiger partial charge on any atom is 0.314 e. The fourth-order valence-electron chi connectivity index (χ4n) is 3.52. The molecule has 0 saturated carbocycles. The maximum atomic E-state index is 12.5. The van der Waals surface area contributed by atoms with Crippen molar-refractivity contribution in [3.63, 3.8) is 0 Å². The Morgan fingerprint density at radius 3 is 2.54 bits per heavy atom. The number of hydrogen-bond acceptors (Lipinski definition) is 7. The number of thiophene rings is 1. The summed E-state index contributed by atoms with van der Waals surface area (Å²) < 4.78 is 5.77. The first kappa shape index (κ1) is 20.7. The quantitative estimate of drug-likeness (QED) is 0.589. The third-order valence-electron chi connectivity index (χ3n) is 5.03. The van der Waals surface area contributed by atoms with E-state index in [4.69, 9.17) is 15.6 Å². The van der Waals surface area contributed by atoms with Crippen LogP contribution in [0.2, 0.25) is 0 Å². The van der Waals surface area contributed by atoms with Gasteiger partial charge in [-0.15, -0.1) is 11.3 Å². The fourth-order valence-corrected chi connectivity index (χ4v) is 4.65. The summed E-state index contributed by atoms with van der Waals surface area (Å²) in [5.41, 5.74) is 6.19. The van der Waals surface area contributed by atoms with E-state index in [-0.39, 0.29) is 12.2 Å². The highest BCUT2D eigenvalue weighted by molar-refractivity contribution is 7.17. The summed E-state index contributed by atoms with van der Waals surface area (Å²) in [4.78, 5) is 41.4. The second kappa shape index (κ2) is 8.16. The molecular formula is C18H26N4O5S. The van der Waals surface area contributed by atoms with Crippen molar-refractivity contribution >= 4 is 34.1 Å². The molecule has 0 radical (unpaired) electrons. The van der Waals surface area contributed by atoms with Gasteiger partial charge in [0.25, 0.3) is 5.91 Å². The Morgan fingerprint density at radius 2 is 1.93 bits per heavy atom. The minimum atomic E-state index is -0.781. The summed E-state index contributed by atoms with van der Waals surface area (Å²) in [6.07, 6.45) is 0.508. The number of piperazine rings is 1. The number of hydrogen-bond donors (Lipinski definition) is 3. The third kappa shape index (κ3) is 4.35. The van der Waals surface area contributed by atoms with Gasteiger partial charge in [0.15, 0.2) is 0 Å². The summed E-state index contributed by atoms with van der Waals surface area (Å²) in [5.74, 6) is -2.05. The third-order valence-corrected chi connectivity index (χ3v) is 6.15. The van der Waals surface area contributed by atoms with Crippen LogP contribution in [0, 0.1) is 0 Å². The van der Waals surface area contributed by atoms with E-state index in [1.165, 1.54) is 16.2 Å². The average molecular weight is 410 g/mol. The number of primary amides is 1. The Labute approximate surface area is 167 Å². The Balaban J connectivity index is 1.71. The van der Waals surface area contributed by atoms with Gasteiger partial charge in [-0.1, -0.05) is 0 Å². The number of nitrogens with two attached hydrogens (primary N) is 1. The molecule has 1 saturated heterocycles. The highest BCUT2D eigenvalue weighted by atomic mass is 32.1. The molecule has 3 rings (SSSR count). The van der Waals surface area contributed by atoms with Crippen molar-refractivity contribution in [1.82, 2.24) is 9.80 Å². The van der Waals surface area contributed by atoms with Crippen LogP contribution in [-0.2, 0) is 27.4 Å². The highest BCUT2D eigenvalue weighted by Crippen LogP contribution is 2.40. The number of β-amino-alcohol motifs (C(OH)–C–C–N with tert-alkyl or cyclic N) is 1. The predicted molar refractivity (Wildman–Crippen MR) is 104 cm³/mol. The van der Waals surface area contributed by atoms with Crippen LogP contribution in [0.4, 0.5) is 5.00 Å². The van der Waals surface area contributed by atoms with Gasteiger partial charge >= 0.3 is 11.8 Å². The summed E-state index contributed by atoms with van der Waals surface area (Å²) in [5, 5.41) is 11.9. The topological polar surface area (TPSA) is 125 Å². The van der Waals surface area contributed by atoms with Gasteiger partial charge in [0.2, 0.25) is 0 Å². The largest absolute Gasteiger partial charge is 0.395 e. The summed E-state index contributed by atoms with van der Waals surface area (Å²) in [6.45, 7) is 6.84. The number of anilines is 1. The van der Waals surface area contributed by atoms with Crippen LogP contribution in [0.1, 0.15) is 34.6 Å². The van der Waals surface area contributed by atoms with Crippen molar-refractivity contribution in [2.75, 3.05) is 44.6 Å². The number of aliphatic hydroxyl groups excluding tert-OH is 1. The number of fused-ring (bicyclic) bond motifs is 1. The molecule has 4 N–H and O–H groups in total. The lowest BCUT2D eigenvalue weighted by Crippen LogP contribution is -2.52. The standard InChI is InChI=1S/C18H26N4O5S/c1-18(2)9-11-12(10-27-18)28-16(13(11)14(19)24)20-15(25)17(26)22-5-3-21(4-6-22)7-8-23/h23H,3-10H2,1-2H3,(H2,19,24)(H,20,25). The molecule has 0 bridgehead atoms. The molecule has 0 spiro atoms. The molecule has 0 atom stereocenters. The summed E-state index contributed by atoms with van der Waals surface area (Å²) in [7, 11) is 0. The van der Waals surface area contributed by atoms with Gasteiger partial charge in [-0.25, -0.2) is 0 Å². The van der Waals surface area contributed by atoms with Gasteiger partial charge in [0.05, 0.1) is 24.4 Å². The number of aliphatic hydroxyl groups is 1. The van der Waals surface area contributed by atoms with Gasteiger partial charge in [0, 0.05) is 44.0 Å². The predicted octanol–water partition coefficient (Wildman–Crippen LogP) is -0.227. The van der Waals surface area contributed by atoms with Crippen molar-refractivity contribution in [3.05, 3.63) is 16.0 Å². The number of carbonyl (C=O) groups excluding carboxylic acids is 3. The van der Waals surface area contributed by atoms with E-state index in [2.05, 4.69) is 5.32 Å². The normalized spacial score (nSPS) is 19.2. The molecule has 1 aromatic rings. The van der Waals surface area contributed by atoms with E-state index in [1.54, 1.807) is 0 Å². The van der Waals surface area contributed by atoms with Crippen LogP contribution in [0.15, 0.2) is 0 Å². The molecule has 0 aliphatic carbocycles. The van der Waals surface area contributed by atoms with Crippen LogP contribution >= 0.6 is 11.3 Å². The molecule has 9 nitrogen and oxygen atoms in total. The Hall–Kier alpha value is -2.01. The molecule has 0 unspecified atom stereocenters. The monoisotopic (exact) mass is 410 g/mol. The summed E-state index contributed by atoms with van der Waals surface area (Å²) in [6, 6.07) is 0. The van der Waals surface area contributed by atoms with Gasteiger partial charge < -0.3 is 25.8 Å². The molecule has 10 heteroatoms. The van der Waals surface area contributed by atoms with Gasteiger partial charge in [0.1, 0.15) is 5.00 Å². The van der Waals surface area contributed by atoms with Crippen LogP contribution in [0.3, 0.4) is 0 Å². The highest BCUT2D eigenvalue weighted by Gasteiger charge is 2.34. The number of rotatable bonds is 4. The van der Waals surface area contributed by atoms with E-state index in [1.807, 2.05) is 18.7 Å². The zero-order valence-corrected chi connectivity index (χ0v) is 16.9. The second-order valence-electron chi connectivity index (χ2n) is 7.61. The van der Waals surface area contributed by atoms with E-state index in [0.29, 0.717) is 50.8 Å². The molecule has 2 aliphatic rings. The van der Waals surface area contributed by atoms with Crippen molar-refractivity contribution in [3.8, 4) is 0 Å². The first-order valence-corrected chi connectivity index (χ1v) is 10.1. The molecule has 28 heavy (non-hydrogen) atoms. The number of carbonyl (C=O) groups is 3. The van der Waals surface area contributed by atoms with E-state index < -0.39 is 23.3 Å². The maximum absolute atomic E-state index is 12.5. The minimum absolute atomic E-state index is 0.0634. The molecule has 1 aromatic heterocycles. The molecule has 154 valence electrons. The van der Waals surface area contributed by atoms with Crippen LogP contribution in [0.25, 0.3) is 0 Å². The first-order valence-electron chi connectivity index (χ1n) is 9.23. The average Bonchev–Trinajstić information content (AvgIpc) is 2.98. The van der Waals surface area contributed by atoms with E-state index in [9.17, 15) is 14.4 Å². The van der Waals surface area contributed by atoms with Crippen LogP contribution in [0.5, 0.6) is 0 Å². The van der Waals surface area contributed by atoms with Crippen molar-refractivity contribution in [1.29, 1.82) is 0 Å². The van der Waals surface area contributed by atoms with Gasteiger partial charge in [-0.3, -0.25) is 19.3 Å². The van der Waals surface area contributed by atoms with Gasteiger partial charge in [-0.2, -0.15) is 0 Å². The van der Waals surface area contributed by atoms with Gasteiger partial charge in [-0.05, 0) is 19.4 Å². The van der Waals surface area contributed by atoms with E-state index in [0.717, 1.165) is 10.4 Å². The van der Waals surface area contributed by atoms with Crippen molar-refractivity contribution < 1.29 is 24.2 Å². The number of nitrogens with zero attached hydrogens (tertiary/aromatic N) is 2. The SMILES string of the molecule is CC1(C)Cc2c(sc(NC(=O)C(=O)N3CCN(CCO)CC3)c2C(N)=O)CO1. The minimum Gasteiger partial charge on any atom is -0.395 e. The molecule has 3 amide bonds. The van der Waals surface area contributed by atoms with Crippen molar-refractivity contribution in [2.45, 2.75) is 32.5 Å². The van der Waals surface area contributed by atoms with Crippen LogP contribution < -0.4 is 11.1 Å². The number of ether oxygens (including phenoxy) is 1. The second-order valence-corrected chi connectivity index (χ2v) is 8.71. The Morgan fingerprint density at radius 1 is 1.25 bits per heavy atom. The fraction of sp³-hybridized carbons (Fsp3) is 0.611. The number of nitrogens with one attached hydrogen (secondary N) is 1. The first-order chi connectivity index (χ1) is 13.2. The molecule has 2 aliphatic heterocycles. The lowest BCUT2D eigenvalue weighted by atomic mass is 9.93. The van der Waals surface area contributed by atoms with Crippen molar-refractivity contribution in [2.24, 2.45) is 5.73 Å². The zero-order chi connectivity index (χ0) is 20.5.